The summed E-state index contributed by atoms with van der Waals surface area (Å²) in [4.78, 5) is 43.8. The molecule has 10 nitrogen and oxygen atoms in total. The number of piperidine rings is 1. The monoisotopic (exact) mass is 521 g/mol. The summed E-state index contributed by atoms with van der Waals surface area (Å²) in [5.41, 5.74) is 3.17. The first-order chi connectivity index (χ1) is 18.4. The molecule has 1 aliphatic rings. The molecule has 1 aliphatic heterocycles. The van der Waals surface area contributed by atoms with Crippen molar-refractivity contribution in [1.82, 2.24) is 14.5 Å². The Morgan fingerprint density at radius 2 is 1.84 bits per heavy atom. The zero-order valence-electron chi connectivity index (χ0n) is 22.2. The van der Waals surface area contributed by atoms with Gasteiger partial charge in [0.15, 0.2) is 5.69 Å². The summed E-state index contributed by atoms with van der Waals surface area (Å²) < 4.78 is 11.9. The fourth-order valence-corrected chi connectivity index (χ4v) is 4.92. The molecule has 38 heavy (non-hydrogen) atoms. The van der Waals surface area contributed by atoms with Crippen LogP contribution in [0.3, 0.4) is 0 Å². The highest BCUT2D eigenvalue weighted by Gasteiger charge is 2.27. The zero-order valence-corrected chi connectivity index (χ0v) is 22.2. The van der Waals surface area contributed by atoms with E-state index in [0.29, 0.717) is 36.4 Å². The van der Waals surface area contributed by atoms with Gasteiger partial charge in [-0.15, -0.1) is 0 Å². The van der Waals surface area contributed by atoms with Gasteiger partial charge in [-0.25, -0.2) is 9.78 Å². The van der Waals surface area contributed by atoms with Gasteiger partial charge in [0.05, 0.1) is 24.7 Å². The van der Waals surface area contributed by atoms with Crippen LogP contribution in [0.5, 0.6) is 0 Å². The lowest BCUT2D eigenvalue weighted by Gasteiger charge is -2.32. The van der Waals surface area contributed by atoms with Crippen molar-refractivity contribution in [3.05, 3.63) is 53.9 Å². The number of carbonyl (C=O) groups is 3. The van der Waals surface area contributed by atoms with Gasteiger partial charge in [0.1, 0.15) is 12.3 Å². The highest BCUT2D eigenvalue weighted by atomic mass is 16.5. The van der Waals surface area contributed by atoms with E-state index in [1.807, 2.05) is 33.7 Å². The number of nitrogens with zero attached hydrogens (tertiary/aromatic N) is 3. The van der Waals surface area contributed by atoms with E-state index in [-0.39, 0.29) is 30.2 Å². The molecule has 202 valence electrons. The molecule has 0 unspecified atom stereocenters. The van der Waals surface area contributed by atoms with Gasteiger partial charge in [-0.1, -0.05) is 30.3 Å². The average Bonchev–Trinajstić information content (AvgIpc) is 3.21. The first-order valence-electron chi connectivity index (χ1n) is 12.9. The van der Waals surface area contributed by atoms with E-state index in [9.17, 15) is 14.4 Å². The Morgan fingerprint density at radius 1 is 1.11 bits per heavy atom. The van der Waals surface area contributed by atoms with Gasteiger partial charge >= 0.3 is 5.97 Å². The number of esters is 1. The van der Waals surface area contributed by atoms with Gasteiger partial charge < -0.3 is 29.6 Å². The molecule has 0 bridgehead atoms. The van der Waals surface area contributed by atoms with Crippen molar-refractivity contribution in [2.45, 2.75) is 45.2 Å². The van der Waals surface area contributed by atoms with Crippen LogP contribution in [-0.2, 0) is 32.0 Å². The maximum Gasteiger partial charge on any atom is 0.356 e. The molecule has 4 rings (SSSR count). The normalized spacial score (nSPS) is 13.9. The van der Waals surface area contributed by atoms with E-state index in [0.717, 1.165) is 31.4 Å². The fourth-order valence-electron chi connectivity index (χ4n) is 4.92. The maximum atomic E-state index is 13.0. The average molecular weight is 522 g/mol. The van der Waals surface area contributed by atoms with E-state index >= 15 is 0 Å². The Labute approximate surface area is 222 Å². The van der Waals surface area contributed by atoms with Crippen molar-refractivity contribution in [3.63, 3.8) is 0 Å². The van der Waals surface area contributed by atoms with Gasteiger partial charge in [-0.05, 0) is 37.3 Å². The summed E-state index contributed by atoms with van der Waals surface area (Å²) in [5.74, 6) is -0.843. The molecule has 0 saturated carbocycles. The summed E-state index contributed by atoms with van der Waals surface area (Å²) in [6.45, 7) is 3.35. The van der Waals surface area contributed by atoms with Crippen LogP contribution in [0.1, 0.15) is 42.2 Å². The number of methoxy groups -OCH3 is 2. The molecule has 2 amide bonds. The molecule has 0 spiro atoms. The lowest BCUT2D eigenvalue weighted by atomic mass is 10.0. The third-order valence-corrected chi connectivity index (χ3v) is 6.82. The highest BCUT2D eigenvalue weighted by molar-refractivity contribution is 6.11. The van der Waals surface area contributed by atoms with Crippen LogP contribution in [-0.4, -0.2) is 72.2 Å². The largest absolute Gasteiger partial charge is 0.464 e. The first-order valence-corrected chi connectivity index (χ1v) is 12.9. The molecule has 2 aromatic heterocycles. The molecule has 3 heterocycles. The highest BCUT2D eigenvalue weighted by Crippen LogP contribution is 2.33. The van der Waals surface area contributed by atoms with Crippen molar-refractivity contribution < 1.29 is 23.9 Å². The smallest absolute Gasteiger partial charge is 0.356 e. The summed E-state index contributed by atoms with van der Waals surface area (Å²) in [6.07, 6.45) is 4.98. The molecular weight excluding hydrogens is 486 g/mol. The van der Waals surface area contributed by atoms with Gasteiger partial charge in [0.25, 0.3) is 0 Å². The molecule has 1 aromatic carbocycles. The number of fused-ring (bicyclic) bond motifs is 1. The molecule has 1 saturated heterocycles. The summed E-state index contributed by atoms with van der Waals surface area (Å²) in [5, 5.41) is 7.00. The predicted molar refractivity (Wildman–Crippen MR) is 145 cm³/mol. The molecule has 10 heteroatoms. The van der Waals surface area contributed by atoms with Gasteiger partial charge in [0, 0.05) is 45.1 Å². The number of carbonyl (C=O) groups excluding carboxylic acids is 3. The number of hydrogen-bond donors (Lipinski definition) is 2. The Bertz CT molecular complexity index is 1280. The van der Waals surface area contributed by atoms with Crippen molar-refractivity contribution in [2.24, 2.45) is 0 Å². The molecule has 2 N–H and O–H groups in total. The number of benzene rings is 1. The minimum atomic E-state index is -0.554. The molecule has 0 atom stereocenters. The van der Waals surface area contributed by atoms with Crippen LogP contribution in [0.15, 0.2) is 42.6 Å². The Kier molecular flexibility index (Phi) is 8.96. The Hall–Kier alpha value is -3.92. The topological polar surface area (TPSA) is 115 Å². The third kappa shape index (κ3) is 6.31. The van der Waals surface area contributed by atoms with Crippen LogP contribution < -0.4 is 10.6 Å². The number of nitrogens with one attached hydrogen (secondary N) is 2. The van der Waals surface area contributed by atoms with Crippen molar-refractivity contribution in [1.29, 1.82) is 0 Å². The number of aryl methyl sites for hydroxylation is 2. The van der Waals surface area contributed by atoms with Crippen LogP contribution in [0.4, 0.5) is 11.4 Å². The van der Waals surface area contributed by atoms with Crippen molar-refractivity contribution >= 4 is 40.2 Å². The van der Waals surface area contributed by atoms with Gasteiger partial charge in [-0.2, -0.15) is 0 Å². The summed E-state index contributed by atoms with van der Waals surface area (Å²) in [7, 11) is 2.76. The fraction of sp³-hybridized carbons (Fsp3) is 0.429. The number of anilines is 2. The predicted octanol–water partition coefficient (Wildman–Crippen LogP) is 3.46. The molecule has 0 radical (unpaired) electrons. The molecule has 3 aromatic rings. The van der Waals surface area contributed by atoms with Crippen LogP contribution >= 0.6 is 0 Å². The third-order valence-electron chi connectivity index (χ3n) is 6.82. The number of hydrogen-bond acceptors (Lipinski definition) is 7. The Morgan fingerprint density at radius 3 is 2.50 bits per heavy atom. The number of likely N-dealkylation sites (tertiary alicyclic amines) is 1. The molecule has 0 aliphatic carbocycles. The van der Waals surface area contributed by atoms with Crippen molar-refractivity contribution in [2.75, 3.05) is 44.5 Å². The second-order valence-corrected chi connectivity index (χ2v) is 9.46. The number of aromatic nitrogens is 2. The maximum absolute atomic E-state index is 13.0. The van der Waals surface area contributed by atoms with Gasteiger partial charge in [0.2, 0.25) is 11.8 Å². The molecular formula is C28H35N5O5. The van der Waals surface area contributed by atoms with Crippen LogP contribution in [0.2, 0.25) is 0 Å². The van der Waals surface area contributed by atoms with Crippen molar-refractivity contribution in [3.8, 4) is 0 Å². The SMILES string of the molecule is COCC(=O)Nc1c(C(=O)OC)n(CCCc2ccccc2)c2ncc(NC3CCN(C(C)=O)CC3)cc12. The quantitative estimate of drug-likeness (QED) is 0.393. The number of ether oxygens (including phenoxy) is 2. The van der Waals surface area contributed by atoms with E-state index in [1.54, 1.807) is 13.1 Å². The minimum Gasteiger partial charge on any atom is -0.464 e. The second kappa shape index (κ2) is 12.6. The zero-order chi connectivity index (χ0) is 27.1. The second-order valence-electron chi connectivity index (χ2n) is 9.46. The van der Waals surface area contributed by atoms with E-state index in [4.69, 9.17) is 14.5 Å². The first kappa shape index (κ1) is 27.1. The summed E-state index contributed by atoms with van der Waals surface area (Å²) in [6, 6.07) is 12.2. The Balaban J connectivity index is 1.66. The van der Waals surface area contributed by atoms with E-state index in [2.05, 4.69) is 22.8 Å². The van der Waals surface area contributed by atoms with Crippen LogP contribution in [0.25, 0.3) is 11.0 Å². The lowest BCUT2D eigenvalue weighted by molar-refractivity contribution is -0.129. The minimum absolute atomic E-state index is 0.0897. The molecule has 1 fully saturated rings. The standard InChI is InChI=1S/C28H35N5O5/c1-19(34)32-14-11-21(12-15-32)30-22-16-23-25(31-24(35)18-37-2)26(28(36)38-3)33(27(23)29-17-22)13-7-10-20-8-5-4-6-9-20/h4-6,8-9,16-17,21,30H,7,10-15,18H2,1-3H3,(H,31,35). The number of rotatable bonds is 10. The number of pyridine rings is 1. The van der Waals surface area contributed by atoms with E-state index in [1.165, 1.54) is 19.8 Å². The van der Waals surface area contributed by atoms with Crippen LogP contribution in [0, 0.1) is 0 Å². The van der Waals surface area contributed by atoms with E-state index < -0.39 is 5.97 Å². The lowest BCUT2D eigenvalue weighted by Crippen LogP contribution is -2.41. The summed E-state index contributed by atoms with van der Waals surface area (Å²) >= 11 is 0. The number of amides is 2. The van der Waals surface area contributed by atoms with Gasteiger partial charge in [-0.3, -0.25) is 9.59 Å².